The molecule has 7 heteroatoms. The van der Waals surface area contributed by atoms with E-state index in [0.717, 1.165) is 12.8 Å². The Labute approximate surface area is 158 Å². The Bertz CT molecular complexity index is 885. The van der Waals surface area contributed by atoms with Gasteiger partial charge in [-0.05, 0) is 48.3 Å². The summed E-state index contributed by atoms with van der Waals surface area (Å²) >= 11 is 1.24. The lowest BCUT2D eigenvalue weighted by Gasteiger charge is -2.30. The summed E-state index contributed by atoms with van der Waals surface area (Å²) in [5.41, 5.74) is 2.54. The number of nitrogens with one attached hydrogen (secondary N) is 1. The van der Waals surface area contributed by atoms with Gasteiger partial charge in [0, 0.05) is 19.0 Å². The van der Waals surface area contributed by atoms with Crippen molar-refractivity contribution in [2.45, 2.75) is 35.9 Å². The molecule has 1 atom stereocenters. The summed E-state index contributed by atoms with van der Waals surface area (Å²) in [6.45, 7) is 0.805. The highest BCUT2D eigenvalue weighted by molar-refractivity contribution is 7.91. The number of hydrogen-bond acceptors (Lipinski definition) is 4. The number of rotatable bonds is 4. The van der Waals surface area contributed by atoms with Crippen molar-refractivity contribution < 1.29 is 13.2 Å². The molecule has 5 nitrogen and oxygen atoms in total. The lowest BCUT2D eigenvalue weighted by Crippen LogP contribution is -2.43. The minimum Gasteiger partial charge on any atom is -0.349 e. The number of carbonyl (C=O) groups excluding carboxylic acids is 1. The van der Waals surface area contributed by atoms with E-state index in [1.54, 1.807) is 17.5 Å². The van der Waals surface area contributed by atoms with Gasteiger partial charge in [-0.3, -0.25) is 4.79 Å². The summed E-state index contributed by atoms with van der Waals surface area (Å²) in [6.07, 6.45) is 3.09. The fourth-order valence-electron chi connectivity index (χ4n) is 3.89. The maximum absolute atomic E-state index is 12.7. The summed E-state index contributed by atoms with van der Waals surface area (Å²) in [7, 11) is -3.41. The van der Waals surface area contributed by atoms with Crippen LogP contribution in [-0.4, -0.2) is 31.7 Å². The molecule has 1 aliphatic heterocycles. The van der Waals surface area contributed by atoms with Crippen LogP contribution in [0.5, 0.6) is 0 Å². The molecule has 1 aromatic carbocycles. The van der Waals surface area contributed by atoms with Gasteiger partial charge in [0.15, 0.2) is 0 Å². The van der Waals surface area contributed by atoms with Gasteiger partial charge in [0.2, 0.25) is 5.91 Å². The average Bonchev–Trinajstić information content (AvgIpc) is 3.33. The lowest BCUT2D eigenvalue weighted by atomic mass is 9.96. The van der Waals surface area contributed by atoms with Crippen LogP contribution in [-0.2, 0) is 21.2 Å². The zero-order valence-corrected chi connectivity index (χ0v) is 16.1. The minimum atomic E-state index is -3.41. The Balaban J connectivity index is 1.36. The van der Waals surface area contributed by atoms with E-state index in [1.807, 2.05) is 12.1 Å². The largest absolute Gasteiger partial charge is 0.349 e. The zero-order valence-electron chi connectivity index (χ0n) is 14.4. The summed E-state index contributed by atoms with van der Waals surface area (Å²) in [6, 6.07) is 11.7. The number of aryl methyl sites for hydroxylation is 1. The molecule has 1 aliphatic carbocycles. The minimum absolute atomic E-state index is 0.0554. The monoisotopic (exact) mass is 390 g/mol. The van der Waals surface area contributed by atoms with Crippen LogP contribution in [0.1, 0.15) is 36.4 Å². The number of sulfonamides is 1. The third-order valence-corrected chi connectivity index (χ3v) is 8.63. The molecule has 1 amide bonds. The van der Waals surface area contributed by atoms with E-state index in [2.05, 4.69) is 17.4 Å². The van der Waals surface area contributed by atoms with Crippen molar-refractivity contribution in [1.29, 1.82) is 0 Å². The number of amides is 1. The number of piperidine rings is 1. The number of fused-ring (bicyclic) bond motifs is 1. The van der Waals surface area contributed by atoms with Crippen molar-refractivity contribution in [3.8, 4) is 0 Å². The number of benzene rings is 1. The van der Waals surface area contributed by atoms with E-state index in [0.29, 0.717) is 30.1 Å². The Kier molecular flexibility index (Phi) is 4.86. The fraction of sp³-hybridized carbons (Fsp3) is 0.421. The number of carbonyl (C=O) groups is 1. The molecule has 2 aromatic rings. The summed E-state index contributed by atoms with van der Waals surface area (Å²) in [5.74, 6) is -0.0579. The van der Waals surface area contributed by atoms with Gasteiger partial charge in [0.1, 0.15) is 4.21 Å². The molecule has 1 fully saturated rings. The van der Waals surface area contributed by atoms with E-state index in [-0.39, 0.29) is 17.9 Å². The standard InChI is InChI=1S/C19H22N2O3S2/c22-19(20-17-8-7-14-4-1-2-5-16(14)17)15-9-11-21(12-10-15)26(23,24)18-6-3-13-25-18/h1-6,13,15,17H,7-12H2,(H,20,22)/t17-/m0/s1. The molecule has 4 rings (SSSR count). The summed E-state index contributed by atoms with van der Waals surface area (Å²) < 4.78 is 27.0. The fourth-order valence-corrected chi connectivity index (χ4v) is 6.51. The van der Waals surface area contributed by atoms with E-state index in [4.69, 9.17) is 0 Å². The summed E-state index contributed by atoms with van der Waals surface area (Å²) in [4.78, 5) is 12.7. The highest BCUT2D eigenvalue weighted by Gasteiger charge is 2.34. The molecule has 26 heavy (non-hydrogen) atoms. The van der Waals surface area contributed by atoms with Crippen LogP contribution in [0, 0.1) is 5.92 Å². The first kappa shape index (κ1) is 17.7. The second-order valence-electron chi connectivity index (χ2n) is 6.91. The Morgan fingerprint density at radius 2 is 1.85 bits per heavy atom. The van der Waals surface area contributed by atoms with E-state index in [1.165, 1.54) is 26.8 Å². The second kappa shape index (κ2) is 7.13. The Morgan fingerprint density at radius 1 is 1.08 bits per heavy atom. The third kappa shape index (κ3) is 3.31. The maximum Gasteiger partial charge on any atom is 0.252 e. The highest BCUT2D eigenvalue weighted by atomic mass is 32.2. The number of thiophene rings is 1. The van der Waals surface area contributed by atoms with Gasteiger partial charge in [0.05, 0.1) is 6.04 Å². The maximum atomic E-state index is 12.7. The van der Waals surface area contributed by atoms with E-state index in [9.17, 15) is 13.2 Å². The molecule has 138 valence electrons. The smallest absolute Gasteiger partial charge is 0.252 e. The molecule has 0 unspecified atom stereocenters. The van der Waals surface area contributed by atoms with Crippen LogP contribution in [0.4, 0.5) is 0 Å². The Hall–Kier alpha value is -1.70. The molecule has 1 aromatic heterocycles. The zero-order chi connectivity index (χ0) is 18.1. The first-order chi connectivity index (χ1) is 12.6. The van der Waals surface area contributed by atoms with Crippen LogP contribution in [0.3, 0.4) is 0 Å². The van der Waals surface area contributed by atoms with Crippen LogP contribution < -0.4 is 5.32 Å². The van der Waals surface area contributed by atoms with Crippen LogP contribution >= 0.6 is 11.3 Å². The molecular formula is C19H22N2O3S2. The third-order valence-electron chi connectivity index (χ3n) is 5.36. The topological polar surface area (TPSA) is 66.5 Å². The SMILES string of the molecule is O=C(N[C@H]1CCc2ccccc21)C1CCN(S(=O)(=O)c2cccs2)CC1. The van der Waals surface area contributed by atoms with Crippen molar-refractivity contribution in [1.82, 2.24) is 9.62 Å². The van der Waals surface area contributed by atoms with Gasteiger partial charge in [-0.25, -0.2) is 8.42 Å². The van der Waals surface area contributed by atoms with Gasteiger partial charge < -0.3 is 5.32 Å². The van der Waals surface area contributed by atoms with Crippen molar-refractivity contribution in [2.75, 3.05) is 13.1 Å². The average molecular weight is 391 g/mol. The molecule has 0 spiro atoms. The molecule has 2 heterocycles. The first-order valence-electron chi connectivity index (χ1n) is 8.97. The van der Waals surface area contributed by atoms with Gasteiger partial charge in [-0.2, -0.15) is 4.31 Å². The molecule has 1 saturated heterocycles. The van der Waals surface area contributed by atoms with Crippen molar-refractivity contribution in [2.24, 2.45) is 5.92 Å². The van der Waals surface area contributed by atoms with Gasteiger partial charge >= 0.3 is 0 Å². The molecule has 1 N–H and O–H groups in total. The van der Waals surface area contributed by atoms with Crippen molar-refractivity contribution in [3.05, 3.63) is 52.9 Å². The number of nitrogens with zero attached hydrogens (tertiary/aromatic N) is 1. The van der Waals surface area contributed by atoms with Crippen LogP contribution in [0.2, 0.25) is 0 Å². The summed E-state index contributed by atoms with van der Waals surface area (Å²) in [5, 5.41) is 4.95. The van der Waals surface area contributed by atoms with Gasteiger partial charge in [-0.15, -0.1) is 11.3 Å². The molecule has 2 aliphatic rings. The van der Waals surface area contributed by atoms with Crippen LogP contribution in [0.15, 0.2) is 46.0 Å². The van der Waals surface area contributed by atoms with Gasteiger partial charge in [0.25, 0.3) is 10.0 Å². The first-order valence-corrected chi connectivity index (χ1v) is 11.3. The molecule has 0 bridgehead atoms. The van der Waals surface area contributed by atoms with Crippen molar-refractivity contribution in [3.63, 3.8) is 0 Å². The molecular weight excluding hydrogens is 368 g/mol. The van der Waals surface area contributed by atoms with E-state index < -0.39 is 10.0 Å². The number of hydrogen-bond donors (Lipinski definition) is 1. The predicted octanol–water partition coefficient (Wildman–Crippen LogP) is 2.95. The predicted molar refractivity (Wildman–Crippen MR) is 101 cm³/mol. The van der Waals surface area contributed by atoms with Crippen LogP contribution in [0.25, 0.3) is 0 Å². The van der Waals surface area contributed by atoms with Crippen molar-refractivity contribution >= 4 is 27.3 Å². The second-order valence-corrected chi connectivity index (χ2v) is 10.0. The molecule has 0 saturated carbocycles. The van der Waals surface area contributed by atoms with Gasteiger partial charge in [-0.1, -0.05) is 30.3 Å². The normalized spacial score (nSPS) is 21.5. The Morgan fingerprint density at radius 3 is 2.58 bits per heavy atom. The highest BCUT2D eigenvalue weighted by Crippen LogP contribution is 2.32. The van der Waals surface area contributed by atoms with E-state index >= 15 is 0 Å². The quantitative estimate of drug-likeness (QED) is 0.873. The molecule has 0 radical (unpaired) electrons. The lowest BCUT2D eigenvalue weighted by molar-refractivity contribution is -0.126.